The molecule has 3 nitrogen and oxygen atoms in total. The molecule has 15 heavy (non-hydrogen) atoms. The zero-order chi connectivity index (χ0) is 10.8. The van der Waals surface area contributed by atoms with Crippen LogP contribution < -0.4 is 5.32 Å². The molecule has 1 heterocycles. The summed E-state index contributed by atoms with van der Waals surface area (Å²) in [6.45, 7) is 0. The van der Waals surface area contributed by atoms with Crippen LogP contribution in [0.1, 0.15) is 23.7 Å². The smallest absolute Gasteiger partial charge is 0.224 e. The Morgan fingerprint density at radius 3 is 3.00 bits per heavy atom. The lowest BCUT2D eigenvalue weighted by molar-refractivity contribution is -0.116. The van der Waals surface area contributed by atoms with Gasteiger partial charge in [0.2, 0.25) is 5.91 Å². The van der Waals surface area contributed by atoms with E-state index < -0.39 is 6.10 Å². The van der Waals surface area contributed by atoms with E-state index in [2.05, 4.69) is 5.32 Å². The fourth-order valence-corrected chi connectivity index (χ4v) is 1.88. The van der Waals surface area contributed by atoms with Crippen LogP contribution in [0.25, 0.3) is 0 Å². The van der Waals surface area contributed by atoms with Gasteiger partial charge in [-0.05, 0) is 23.6 Å². The van der Waals surface area contributed by atoms with Crippen LogP contribution in [0, 0.1) is 0 Å². The standard InChI is InChI=1S/C11H12ClNO2/c12-6-10(14)8-1-3-9-7(5-8)2-4-11(15)13-9/h1,3,5,10,14H,2,4,6H2,(H,13,15)/t10-/m0/s1. The van der Waals surface area contributed by atoms with E-state index in [1.165, 1.54) is 0 Å². The van der Waals surface area contributed by atoms with Crippen molar-refractivity contribution in [3.63, 3.8) is 0 Å². The Morgan fingerprint density at radius 2 is 2.27 bits per heavy atom. The SMILES string of the molecule is O=C1CCc2cc([C@@H](O)CCl)ccc2N1. The summed E-state index contributed by atoms with van der Waals surface area (Å²) < 4.78 is 0. The lowest BCUT2D eigenvalue weighted by Crippen LogP contribution is -2.19. The number of hydrogen-bond acceptors (Lipinski definition) is 2. The van der Waals surface area contributed by atoms with E-state index in [1.807, 2.05) is 12.1 Å². The predicted octanol–water partition coefficient (Wildman–Crippen LogP) is 1.84. The normalized spacial score (nSPS) is 16.8. The second-order valence-corrected chi connectivity index (χ2v) is 3.94. The monoisotopic (exact) mass is 225 g/mol. The topological polar surface area (TPSA) is 49.3 Å². The summed E-state index contributed by atoms with van der Waals surface area (Å²) in [4.78, 5) is 11.1. The number of aliphatic hydroxyl groups is 1. The van der Waals surface area contributed by atoms with Crippen molar-refractivity contribution in [2.45, 2.75) is 18.9 Å². The van der Waals surface area contributed by atoms with Gasteiger partial charge in [-0.1, -0.05) is 12.1 Å². The van der Waals surface area contributed by atoms with Crippen LogP contribution in [0.2, 0.25) is 0 Å². The van der Waals surface area contributed by atoms with E-state index >= 15 is 0 Å². The minimum Gasteiger partial charge on any atom is -0.387 e. The zero-order valence-corrected chi connectivity index (χ0v) is 8.92. The highest BCUT2D eigenvalue weighted by Crippen LogP contribution is 2.26. The molecular formula is C11H12ClNO2. The molecule has 0 saturated heterocycles. The molecule has 0 aliphatic carbocycles. The van der Waals surface area contributed by atoms with Crippen molar-refractivity contribution in [2.24, 2.45) is 0 Å². The third-order valence-electron chi connectivity index (χ3n) is 2.56. The number of nitrogens with one attached hydrogen (secondary N) is 1. The maximum Gasteiger partial charge on any atom is 0.224 e. The van der Waals surface area contributed by atoms with Gasteiger partial charge in [0.1, 0.15) is 0 Å². The first-order valence-electron chi connectivity index (χ1n) is 4.87. The van der Waals surface area contributed by atoms with Crippen molar-refractivity contribution in [3.8, 4) is 0 Å². The van der Waals surface area contributed by atoms with E-state index in [0.717, 1.165) is 23.2 Å². The van der Waals surface area contributed by atoms with Crippen LogP contribution in [0.15, 0.2) is 18.2 Å². The maximum absolute atomic E-state index is 11.1. The molecule has 1 amide bonds. The minimum absolute atomic E-state index is 0.0492. The molecule has 1 aliphatic heterocycles. The van der Waals surface area contributed by atoms with Crippen LogP contribution in [0.3, 0.4) is 0 Å². The summed E-state index contributed by atoms with van der Waals surface area (Å²) in [5.74, 6) is 0.235. The summed E-state index contributed by atoms with van der Waals surface area (Å²) in [6.07, 6.45) is 0.604. The van der Waals surface area contributed by atoms with Gasteiger partial charge in [0.05, 0.1) is 12.0 Å². The number of hydrogen-bond donors (Lipinski definition) is 2. The Balaban J connectivity index is 2.30. The molecule has 0 spiro atoms. The number of rotatable bonds is 2. The Bertz CT molecular complexity index is 392. The number of halogens is 1. The second kappa shape index (κ2) is 4.21. The van der Waals surface area contributed by atoms with E-state index in [1.54, 1.807) is 6.07 Å². The number of aliphatic hydroxyl groups excluding tert-OH is 1. The predicted molar refractivity (Wildman–Crippen MR) is 59.1 cm³/mol. The summed E-state index contributed by atoms with van der Waals surface area (Å²) in [6, 6.07) is 5.51. The second-order valence-electron chi connectivity index (χ2n) is 3.63. The van der Waals surface area contributed by atoms with Crippen molar-refractivity contribution < 1.29 is 9.90 Å². The van der Waals surface area contributed by atoms with Gasteiger partial charge in [-0.15, -0.1) is 11.6 Å². The first-order chi connectivity index (χ1) is 7.20. The van der Waals surface area contributed by atoms with Gasteiger partial charge >= 0.3 is 0 Å². The molecule has 0 fully saturated rings. The lowest BCUT2D eigenvalue weighted by Gasteiger charge is -2.18. The molecule has 0 saturated carbocycles. The molecule has 0 bridgehead atoms. The van der Waals surface area contributed by atoms with Crippen molar-refractivity contribution in [3.05, 3.63) is 29.3 Å². The van der Waals surface area contributed by atoms with Gasteiger partial charge in [0.15, 0.2) is 0 Å². The van der Waals surface area contributed by atoms with Gasteiger partial charge in [-0.25, -0.2) is 0 Å². The molecule has 0 aromatic heterocycles. The molecular weight excluding hydrogens is 214 g/mol. The average molecular weight is 226 g/mol. The van der Waals surface area contributed by atoms with Crippen LogP contribution in [0.4, 0.5) is 5.69 Å². The van der Waals surface area contributed by atoms with Crippen molar-refractivity contribution >= 4 is 23.2 Å². The molecule has 1 atom stereocenters. The van der Waals surface area contributed by atoms with Gasteiger partial charge < -0.3 is 10.4 Å². The highest BCUT2D eigenvalue weighted by atomic mass is 35.5. The molecule has 1 aromatic rings. The number of benzene rings is 1. The first-order valence-corrected chi connectivity index (χ1v) is 5.41. The quantitative estimate of drug-likeness (QED) is 0.755. The van der Waals surface area contributed by atoms with Crippen LogP contribution in [-0.4, -0.2) is 16.9 Å². The zero-order valence-electron chi connectivity index (χ0n) is 8.16. The Kier molecular flexibility index (Phi) is 2.93. The number of fused-ring (bicyclic) bond motifs is 1. The fraction of sp³-hybridized carbons (Fsp3) is 0.364. The van der Waals surface area contributed by atoms with Gasteiger partial charge in [0, 0.05) is 12.1 Å². The summed E-state index contributed by atoms with van der Waals surface area (Å²) in [5, 5.41) is 12.4. The number of anilines is 1. The lowest BCUT2D eigenvalue weighted by atomic mass is 9.99. The van der Waals surface area contributed by atoms with Gasteiger partial charge in [-0.2, -0.15) is 0 Å². The summed E-state index contributed by atoms with van der Waals surface area (Å²) in [7, 11) is 0. The summed E-state index contributed by atoms with van der Waals surface area (Å²) >= 11 is 5.57. The van der Waals surface area contributed by atoms with Gasteiger partial charge in [0.25, 0.3) is 0 Å². The number of alkyl halides is 1. The van der Waals surface area contributed by atoms with Crippen LogP contribution >= 0.6 is 11.6 Å². The average Bonchev–Trinajstić information content (AvgIpc) is 2.27. The minimum atomic E-state index is -0.630. The highest BCUT2D eigenvalue weighted by Gasteiger charge is 2.16. The third kappa shape index (κ3) is 2.13. The number of carbonyl (C=O) groups is 1. The molecule has 0 unspecified atom stereocenters. The number of carbonyl (C=O) groups excluding carboxylic acids is 1. The molecule has 4 heteroatoms. The molecule has 1 aromatic carbocycles. The summed E-state index contributed by atoms with van der Waals surface area (Å²) in [5.41, 5.74) is 2.72. The molecule has 0 radical (unpaired) electrons. The van der Waals surface area contributed by atoms with Crippen LogP contribution in [0.5, 0.6) is 0 Å². The molecule has 80 valence electrons. The van der Waals surface area contributed by atoms with E-state index in [9.17, 15) is 9.90 Å². The molecule has 2 N–H and O–H groups in total. The largest absolute Gasteiger partial charge is 0.387 e. The van der Waals surface area contributed by atoms with Gasteiger partial charge in [-0.3, -0.25) is 4.79 Å². The number of aryl methyl sites for hydroxylation is 1. The third-order valence-corrected chi connectivity index (χ3v) is 2.85. The molecule has 2 rings (SSSR count). The Hall–Kier alpha value is -1.06. The maximum atomic E-state index is 11.1. The van der Waals surface area contributed by atoms with Crippen molar-refractivity contribution in [1.82, 2.24) is 0 Å². The highest BCUT2D eigenvalue weighted by molar-refractivity contribution is 6.18. The Labute approximate surface area is 93.1 Å². The van der Waals surface area contributed by atoms with E-state index in [-0.39, 0.29) is 11.8 Å². The van der Waals surface area contributed by atoms with E-state index in [4.69, 9.17) is 11.6 Å². The van der Waals surface area contributed by atoms with Crippen LogP contribution in [-0.2, 0) is 11.2 Å². The van der Waals surface area contributed by atoms with E-state index in [0.29, 0.717) is 6.42 Å². The van der Waals surface area contributed by atoms with Crippen molar-refractivity contribution in [2.75, 3.05) is 11.2 Å². The number of amides is 1. The fourth-order valence-electron chi connectivity index (χ4n) is 1.70. The molecule has 1 aliphatic rings. The Morgan fingerprint density at radius 1 is 1.47 bits per heavy atom. The van der Waals surface area contributed by atoms with Crippen molar-refractivity contribution in [1.29, 1.82) is 0 Å². The first kappa shape index (κ1) is 10.5.